The maximum Gasteiger partial charge on any atom is 0.320 e. The quantitative estimate of drug-likeness (QED) is 0.810. The van der Waals surface area contributed by atoms with E-state index in [0.29, 0.717) is 19.5 Å². The number of likely N-dealkylation sites (tertiary alicyclic amines) is 2. The van der Waals surface area contributed by atoms with E-state index in [0.717, 1.165) is 12.8 Å². The second-order valence-electron chi connectivity index (χ2n) is 6.24. The first kappa shape index (κ1) is 15.1. The number of nitrogens with zero attached hydrogens (tertiary/aromatic N) is 2. The SMILES string of the molecule is CC(C)C1(C(=O)O)CCN(C(=O)N2CCCC2CO)C1. The Bertz CT molecular complexity index is 399. The van der Waals surface area contributed by atoms with Crippen molar-refractivity contribution < 1.29 is 19.8 Å². The molecular weight excluding hydrogens is 260 g/mol. The van der Waals surface area contributed by atoms with Crippen LogP contribution in [0.2, 0.25) is 0 Å². The summed E-state index contributed by atoms with van der Waals surface area (Å²) in [4.78, 5) is 27.4. The molecule has 2 aliphatic rings. The number of aliphatic hydroxyl groups is 1. The van der Waals surface area contributed by atoms with E-state index in [4.69, 9.17) is 0 Å². The van der Waals surface area contributed by atoms with Crippen molar-refractivity contribution >= 4 is 12.0 Å². The zero-order valence-electron chi connectivity index (χ0n) is 12.2. The highest BCUT2D eigenvalue weighted by molar-refractivity contribution is 5.80. The third-order valence-electron chi connectivity index (χ3n) is 4.94. The van der Waals surface area contributed by atoms with Crippen LogP contribution in [0.15, 0.2) is 0 Å². The minimum absolute atomic E-state index is 0.00924. The predicted molar refractivity (Wildman–Crippen MR) is 73.3 cm³/mol. The molecule has 0 spiro atoms. The Kier molecular flexibility index (Phi) is 4.22. The summed E-state index contributed by atoms with van der Waals surface area (Å²) in [6.45, 7) is 5.19. The summed E-state index contributed by atoms with van der Waals surface area (Å²) in [6, 6.07) is -0.230. The molecule has 2 heterocycles. The molecule has 2 atom stereocenters. The number of aliphatic carboxylic acids is 1. The van der Waals surface area contributed by atoms with Crippen LogP contribution in [0.4, 0.5) is 4.79 Å². The maximum atomic E-state index is 12.5. The third kappa shape index (κ3) is 2.37. The van der Waals surface area contributed by atoms with Crippen molar-refractivity contribution in [2.75, 3.05) is 26.2 Å². The number of urea groups is 1. The first-order valence-electron chi connectivity index (χ1n) is 7.32. The van der Waals surface area contributed by atoms with Gasteiger partial charge in [0.05, 0.1) is 18.1 Å². The molecule has 0 bridgehead atoms. The predicted octanol–water partition coefficient (Wildman–Crippen LogP) is 0.996. The van der Waals surface area contributed by atoms with Crippen molar-refractivity contribution in [2.45, 2.75) is 39.2 Å². The van der Waals surface area contributed by atoms with Gasteiger partial charge in [-0.05, 0) is 25.2 Å². The van der Waals surface area contributed by atoms with Crippen LogP contribution in [0.25, 0.3) is 0 Å². The summed E-state index contributed by atoms with van der Waals surface area (Å²) in [5, 5.41) is 18.8. The average molecular weight is 284 g/mol. The zero-order chi connectivity index (χ0) is 14.9. The van der Waals surface area contributed by atoms with Gasteiger partial charge in [-0.25, -0.2) is 4.79 Å². The monoisotopic (exact) mass is 284 g/mol. The van der Waals surface area contributed by atoms with Crippen molar-refractivity contribution in [2.24, 2.45) is 11.3 Å². The van der Waals surface area contributed by atoms with Gasteiger partial charge >= 0.3 is 12.0 Å². The lowest BCUT2D eigenvalue weighted by Gasteiger charge is -2.31. The van der Waals surface area contributed by atoms with E-state index in [-0.39, 0.29) is 31.1 Å². The molecule has 6 nitrogen and oxygen atoms in total. The van der Waals surface area contributed by atoms with Crippen LogP contribution >= 0.6 is 0 Å². The summed E-state index contributed by atoms with van der Waals surface area (Å²) in [5.74, 6) is -0.826. The Morgan fingerprint density at radius 1 is 1.35 bits per heavy atom. The van der Waals surface area contributed by atoms with Gasteiger partial charge in [-0.2, -0.15) is 0 Å². The number of aliphatic hydroxyl groups excluding tert-OH is 1. The second-order valence-corrected chi connectivity index (χ2v) is 6.24. The van der Waals surface area contributed by atoms with Crippen LogP contribution in [0.5, 0.6) is 0 Å². The lowest BCUT2D eigenvalue weighted by Crippen LogP contribution is -2.47. The number of carboxylic acid groups (broad SMARTS) is 1. The number of hydrogen-bond donors (Lipinski definition) is 2. The van der Waals surface area contributed by atoms with Gasteiger partial charge in [0.25, 0.3) is 0 Å². The van der Waals surface area contributed by atoms with Crippen LogP contribution in [-0.2, 0) is 4.79 Å². The van der Waals surface area contributed by atoms with Gasteiger partial charge in [-0.1, -0.05) is 13.8 Å². The Hall–Kier alpha value is -1.30. The number of rotatable bonds is 3. The van der Waals surface area contributed by atoms with Gasteiger partial charge in [-0.3, -0.25) is 4.79 Å². The number of carboxylic acids is 1. The minimum Gasteiger partial charge on any atom is -0.481 e. The first-order chi connectivity index (χ1) is 9.42. The standard InChI is InChI=1S/C14H24N2O4/c1-10(2)14(12(18)19)5-7-15(9-14)13(20)16-6-3-4-11(16)8-17/h10-11,17H,3-9H2,1-2H3,(H,18,19). The fourth-order valence-corrected chi connectivity index (χ4v) is 3.35. The second kappa shape index (κ2) is 5.60. The first-order valence-corrected chi connectivity index (χ1v) is 7.32. The summed E-state index contributed by atoms with van der Waals surface area (Å²) < 4.78 is 0. The molecule has 0 aliphatic carbocycles. The van der Waals surface area contributed by atoms with E-state index >= 15 is 0 Å². The fraction of sp³-hybridized carbons (Fsp3) is 0.857. The van der Waals surface area contributed by atoms with Crippen molar-refractivity contribution in [3.05, 3.63) is 0 Å². The van der Waals surface area contributed by atoms with E-state index in [1.165, 1.54) is 0 Å². The van der Waals surface area contributed by atoms with Crippen LogP contribution in [0.3, 0.4) is 0 Å². The van der Waals surface area contributed by atoms with Crippen molar-refractivity contribution in [1.29, 1.82) is 0 Å². The van der Waals surface area contributed by atoms with Crippen molar-refractivity contribution in [3.63, 3.8) is 0 Å². The summed E-state index contributed by atoms with van der Waals surface area (Å²) in [7, 11) is 0. The lowest BCUT2D eigenvalue weighted by molar-refractivity contribution is -0.150. The Morgan fingerprint density at radius 3 is 2.55 bits per heavy atom. The summed E-state index contributed by atoms with van der Waals surface area (Å²) in [5.41, 5.74) is -0.829. The molecule has 0 saturated carbocycles. The summed E-state index contributed by atoms with van der Waals surface area (Å²) >= 11 is 0. The van der Waals surface area contributed by atoms with E-state index in [1.54, 1.807) is 9.80 Å². The number of carbonyl (C=O) groups is 2. The van der Waals surface area contributed by atoms with E-state index < -0.39 is 11.4 Å². The molecule has 2 amide bonds. The van der Waals surface area contributed by atoms with Crippen LogP contribution in [0.1, 0.15) is 33.1 Å². The van der Waals surface area contributed by atoms with Gasteiger partial charge in [0, 0.05) is 19.6 Å². The Balaban J connectivity index is 2.08. The van der Waals surface area contributed by atoms with Gasteiger partial charge in [-0.15, -0.1) is 0 Å². The smallest absolute Gasteiger partial charge is 0.320 e. The van der Waals surface area contributed by atoms with Gasteiger partial charge in [0.15, 0.2) is 0 Å². The van der Waals surface area contributed by atoms with E-state index in [1.807, 2.05) is 13.8 Å². The number of amides is 2. The number of hydrogen-bond acceptors (Lipinski definition) is 3. The topological polar surface area (TPSA) is 81.1 Å². The molecule has 0 radical (unpaired) electrons. The Labute approximate surface area is 119 Å². The molecule has 2 fully saturated rings. The normalized spacial score (nSPS) is 30.3. The van der Waals surface area contributed by atoms with Gasteiger partial charge < -0.3 is 20.0 Å². The van der Waals surface area contributed by atoms with E-state index in [2.05, 4.69) is 0 Å². The molecule has 2 aliphatic heterocycles. The highest BCUT2D eigenvalue weighted by Crippen LogP contribution is 2.39. The lowest BCUT2D eigenvalue weighted by atomic mass is 9.76. The molecule has 0 aromatic rings. The Morgan fingerprint density at radius 2 is 2.05 bits per heavy atom. The summed E-state index contributed by atoms with van der Waals surface area (Å²) in [6.07, 6.45) is 2.23. The molecular formula is C14H24N2O4. The highest BCUT2D eigenvalue weighted by Gasteiger charge is 2.49. The van der Waals surface area contributed by atoms with Gasteiger partial charge in [0.1, 0.15) is 0 Å². The molecule has 2 N–H and O–H groups in total. The molecule has 0 aromatic carbocycles. The molecule has 2 saturated heterocycles. The minimum atomic E-state index is -0.829. The van der Waals surface area contributed by atoms with Crippen LogP contribution < -0.4 is 0 Å². The number of carbonyl (C=O) groups excluding carboxylic acids is 1. The van der Waals surface area contributed by atoms with Crippen LogP contribution in [0, 0.1) is 11.3 Å². The molecule has 2 rings (SSSR count). The van der Waals surface area contributed by atoms with Crippen molar-refractivity contribution in [3.8, 4) is 0 Å². The molecule has 20 heavy (non-hydrogen) atoms. The maximum absolute atomic E-state index is 12.5. The average Bonchev–Trinajstić information content (AvgIpc) is 3.05. The largest absolute Gasteiger partial charge is 0.481 e. The zero-order valence-corrected chi connectivity index (χ0v) is 12.2. The third-order valence-corrected chi connectivity index (χ3v) is 4.94. The molecule has 6 heteroatoms. The van der Waals surface area contributed by atoms with Gasteiger partial charge in [0.2, 0.25) is 0 Å². The van der Waals surface area contributed by atoms with Crippen LogP contribution in [-0.4, -0.2) is 64.3 Å². The highest BCUT2D eigenvalue weighted by atomic mass is 16.4. The van der Waals surface area contributed by atoms with Crippen molar-refractivity contribution in [1.82, 2.24) is 9.80 Å². The molecule has 2 unspecified atom stereocenters. The van der Waals surface area contributed by atoms with E-state index in [9.17, 15) is 19.8 Å². The fourth-order valence-electron chi connectivity index (χ4n) is 3.35. The molecule has 114 valence electrons. The molecule has 0 aromatic heterocycles.